The summed E-state index contributed by atoms with van der Waals surface area (Å²) < 4.78 is 3.47. The highest BCUT2D eigenvalue weighted by atomic mass is 16.1. The molecule has 9 nitrogen and oxygen atoms in total. The van der Waals surface area contributed by atoms with E-state index in [1.807, 2.05) is 19.9 Å². The molecule has 0 saturated heterocycles. The summed E-state index contributed by atoms with van der Waals surface area (Å²) in [7, 11) is 4.29. The summed E-state index contributed by atoms with van der Waals surface area (Å²) >= 11 is 0. The Morgan fingerprint density at radius 2 is 1.86 bits per heavy atom. The zero-order valence-corrected chi connectivity index (χ0v) is 22.8. The highest BCUT2D eigenvalue weighted by molar-refractivity contribution is 5.77. The number of aromatic nitrogens is 6. The van der Waals surface area contributed by atoms with Gasteiger partial charge in [-0.1, -0.05) is 26.8 Å². The molecule has 1 N–H and O–H groups in total. The number of benzene rings is 1. The van der Waals surface area contributed by atoms with Crippen LogP contribution in [-0.2, 0) is 18.3 Å². The van der Waals surface area contributed by atoms with Crippen LogP contribution in [0.2, 0.25) is 0 Å². The van der Waals surface area contributed by atoms with Gasteiger partial charge in [0.15, 0.2) is 11.5 Å². The fourth-order valence-electron chi connectivity index (χ4n) is 4.96. The molecular weight excluding hydrogens is 464 g/mol. The molecule has 4 aromatic rings. The van der Waals surface area contributed by atoms with Crippen molar-refractivity contribution in [1.29, 1.82) is 0 Å². The molecule has 0 amide bonds. The van der Waals surface area contributed by atoms with E-state index in [2.05, 4.69) is 73.3 Å². The predicted octanol–water partition coefficient (Wildman–Crippen LogP) is 4.41. The third kappa shape index (κ3) is 4.75. The Bertz CT molecular complexity index is 1510. The fraction of sp³-hybridized carbons (Fsp3) is 0.464. The Kier molecular flexibility index (Phi) is 6.35. The van der Waals surface area contributed by atoms with Crippen LogP contribution in [0, 0.1) is 0 Å². The van der Waals surface area contributed by atoms with Crippen LogP contribution in [0.1, 0.15) is 64.0 Å². The van der Waals surface area contributed by atoms with Crippen molar-refractivity contribution in [3.05, 3.63) is 64.0 Å². The number of nitrogens with one attached hydrogen (secondary N) is 1. The van der Waals surface area contributed by atoms with Gasteiger partial charge in [-0.05, 0) is 70.5 Å². The Morgan fingerprint density at radius 3 is 2.57 bits per heavy atom. The normalized spacial score (nSPS) is 16.0. The van der Waals surface area contributed by atoms with E-state index in [4.69, 9.17) is 9.97 Å². The number of likely N-dealkylation sites (N-methyl/N-ethyl adjacent to an activating group) is 1. The van der Waals surface area contributed by atoms with Crippen molar-refractivity contribution in [2.24, 2.45) is 0 Å². The van der Waals surface area contributed by atoms with Crippen molar-refractivity contribution in [3.63, 3.8) is 0 Å². The number of hydrogen-bond donors (Lipinski definition) is 1. The minimum atomic E-state index is -0.234. The summed E-state index contributed by atoms with van der Waals surface area (Å²) in [5, 5.41) is 3.82. The third-order valence-corrected chi connectivity index (χ3v) is 7.04. The topological polar surface area (TPSA) is 93.8 Å². The summed E-state index contributed by atoms with van der Waals surface area (Å²) in [5.74, 6) is 1.74. The van der Waals surface area contributed by atoms with E-state index in [1.54, 1.807) is 21.8 Å². The van der Waals surface area contributed by atoms with Crippen LogP contribution in [0.3, 0.4) is 0 Å². The first-order valence-electron chi connectivity index (χ1n) is 12.9. The van der Waals surface area contributed by atoms with E-state index in [-0.39, 0.29) is 17.0 Å². The molecule has 194 valence electrons. The van der Waals surface area contributed by atoms with Crippen molar-refractivity contribution in [2.45, 2.75) is 71.4 Å². The molecule has 1 aromatic carbocycles. The van der Waals surface area contributed by atoms with E-state index in [1.165, 1.54) is 17.5 Å². The molecule has 0 aliphatic heterocycles. The smallest absolute Gasteiger partial charge is 0.278 e. The van der Waals surface area contributed by atoms with E-state index < -0.39 is 0 Å². The van der Waals surface area contributed by atoms with Gasteiger partial charge < -0.3 is 10.2 Å². The van der Waals surface area contributed by atoms with Gasteiger partial charge in [0.1, 0.15) is 11.2 Å². The molecule has 3 heterocycles. The van der Waals surface area contributed by atoms with Gasteiger partial charge in [0, 0.05) is 41.6 Å². The zero-order chi connectivity index (χ0) is 26.5. The van der Waals surface area contributed by atoms with Crippen molar-refractivity contribution in [2.75, 3.05) is 19.4 Å². The second kappa shape index (κ2) is 9.37. The van der Waals surface area contributed by atoms with E-state index in [9.17, 15) is 4.79 Å². The van der Waals surface area contributed by atoms with Crippen molar-refractivity contribution < 1.29 is 0 Å². The highest BCUT2D eigenvalue weighted by Gasteiger charge is 2.24. The first-order valence-corrected chi connectivity index (χ1v) is 12.9. The molecule has 3 aromatic heterocycles. The first kappa shape index (κ1) is 25.1. The lowest BCUT2D eigenvalue weighted by Crippen LogP contribution is -2.33. The van der Waals surface area contributed by atoms with Gasteiger partial charge in [0.2, 0.25) is 5.95 Å². The van der Waals surface area contributed by atoms with Gasteiger partial charge in [-0.15, -0.1) is 0 Å². The van der Waals surface area contributed by atoms with Crippen LogP contribution < -0.4 is 10.9 Å². The molecule has 37 heavy (non-hydrogen) atoms. The number of aryl methyl sites for hydroxylation is 1. The summed E-state index contributed by atoms with van der Waals surface area (Å²) in [6.45, 7) is 10.2. The quantitative estimate of drug-likeness (QED) is 0.434. The van der Waals surface area contributed by atoms with Gasteiger partial charge in [-0.25, -0.2) is 24.3 Å². The zero-order valence-electron chi connectivity index (χ0n) is 22.8. The van der Waals surface area contributed by atoms with Crippen LogP contribution in [0.15, 0.2) is 41.5 Å². The molecule has 0 spiro atoms. The lowest BCUT2D eigenvalue weighted by molar-refractivity contribution is 0.268. The molecular formula is C28H36N8O. The fourth-order valence-corrected chi connectivity index (χ4v) is 4.96. The number of rotatable bonds is 5. The minimum Gasteiger partial charge on any atom is -0.324 e. The highest BCUT2D eigenvalue weighted by Crippen LogP contribution is 2.28. The average molecular weight is 501 g/mol. The Labute approximate surface area is 217 Å². The number of fused-ring (bicyclic) bond motifs is 2. The van der Waals surface area contributed by atoms with E-state index >= 15 is 0 Å². The van der Waals surface area contributed by atoms with Gasteiger partial charge in [-0.3, -0.25) is 4.79 Å². The van der Waals surface area contributed by atoms with E-state index in [0.29, 0.717) is 34.7 Å². The molecule has 1 aliphatic rings. The lowest BCUT2D eigenvalue weighted by Gasteiger charge is -2.30. The molecule has 1 aliphatic carbocycles. The second-order valence-electron chi connectivity index (χ2n) is 11.4. The summed E-state index contributed by atoms with van der Waals surface area (Å²) in [6.07, 6.45) is 6.63. The minimum absolute atomic E-state index is 0.101. The summed E-state index contributed by atoms with van der Waals surface area (Å²) in [5.41, 5.74) is 3.83. The Balaban J connectivity index is 1.57. The molecule has 1 unspecified atom stereocenters. The molecule has 0 fully saturated rings. The maximum Gasteiger partial charge on any atom is 0.278 e. The molecule has 0 radical (unpaired) electrons. The van der Waals surface area contributed by atoms with Crippen molar-refractivity contribution in [3.8, 4) is 5.82 Å². The first-order chi connectivity index (χ1) is 17.5. The molecule has 0 saturated carbocycles. The molecule has 0 bridgehead atoms. The largest absolute Gasteiger partial charge is 0.324 e. The van der Waals surface area contributed by atoms with Crippen molar-refractivity contribution >= 4 is 22.7 Å². The number of anilines is 2. The van der Waals surface area contributed by atoms with Gasteiger partial charge >= 0.3 is 0 Å². The van der Waals surface area contributed by atoms with Crippen LogP contribution in [0.4, 0.5) is 11.6 Å². The monoisotopic (exact) mass is 500 g/mol. The predicted molar refractivity (Wildman–Crippen MR) is 147 cm³/mol. The third-order valence-electron chi connectivity index (χ3n) is 7.04. The molecule has 1 atom stereocenters. The maximum atomic E-state index is 13.4. The van der Waals surface area contributed by atoms with Gasteiger partial charge in [-0.2, -0.15) is 4.98 Å². The standard InChI is InChI=1S/C28H36N8O/c1-17(2)35-25(37)22-16-30-27(31-20-10-8-18-9-11-21(34(6)7)15-19(18)14-20)33-24(22)36(35)23-12-13-29-26(32-23)28(3,4)5/h8,10,12-14,16-17,21H,9,11,15H2,1-7H3,(H,30,31,33). The van der Waals surface area contributed by atoms with E-state index in [0.717, 1.165) is 18.5 Å². The molecule has 5 rings (SSSR count). The second-order valence-corrected chi connectivity index (χ2v) is 11.4. The Morgan fingerprint density at radius 1 is 1.08 bits per heavy atom. The van der Waals surface area contributed by atoms with Crippen molar-refractivity contribution in [1.82, 2.24) is 34.2 Å². The lowest BCUT2D eigenvalue weighted by atomic mass is 9.87. The van der Waals surface area contributed by atoms with Crippen LogP contribution in [0.25, 0.3) is 16.9 Å². The molecule has 9 heteroatoms. The van der Waals surface area contributed by atoms with Gasteiger partial charge in [0.05, 0.1) is 0 Å². The van der Waals surface area contributed by atoms with Crippen LogP contribution >= 0.6 is 0 Å². The van der Waals surface area contributed by atoms with Crippen LogP contribution in [-0.4, -0.2) is 54.3 Å². The van der Waals surface area contributed by atoms with Crippen LogP contribution in [0.5, 0.6) is 0 Å². The maximum absolute atomic E-state index is 13.4. The summed E-state index contributed by atoms with van der Waals surface area (Å²) in [6, 6.07) is 8.73. The number of hydrogen-bond acceptors (Lipinski definition) is 7. The van der Waals surface area contributed by atoms with Gasteiger partial charge in [0.25, 0.3) is 5.56 Å². The average Bonchev–Trinajstić information content (AvgIpc) is 3.15. The Hall–Kier alpha value is -3.59. The summed E-state index contributed by atoms with van der Waals surface area (Å²) in [4.78, 5) is 34.2. The SMILES string of the molecule is CC(C)n1c(=O)c2cnc(Nc3ccc4c(c3)CC(N(C)C)CC4)nc2n1-c1ccnc(C(C)(C)C)n1. The number of nitrogens with zero attached hydrogens (tertiary/aromatic N) is 7.